The molecule has 0 atom stereocenters. The van der Waals surface area contributed by atoms with Gasteiger partial charge in [0.1, 0.15) is 0 Å². The summed E-state index contributed by atoms with van der Waals surface area (Å²) >= 11 is 0. The van der Waals surface area contributed by atoms with Gasteiger partial charge in [0, 0.05) is 23.5 Å². The average molecular weight is 295 g/mol. The lowest BCUT2D eigenvalue weighted by molar-refractivity contribution is -0.603. The van der Waals surface area contributed by atoms with Gasteiger partial charge in [0.15, 0.2) is 0 Å². The number of rotatable bonds is 1. The number of imidazole rings is 1. The number of hydrogen-bond donors (Lipinski definition) is 0. The number of pyridine rings is 1. The largest absolute Gasteiger partial charge is 0.293 e. The molecular weight excluding hydrogens is 282 g/mol. The molecule has 2 aromatic carbocycles. The van der Waals surface area contributed by atoms with Gasteiger partial charge in [-0.25, -0.2) is 9.97 Å². The summed E-state index contributed by atoms with van der Waals surface area (Å²) in [4.78, 5) is 9.04. The van der Waals surface area contributed by atoms with Crippen molar-refractivity contribution >= 4 is 11.0 Å². The Morgan fingerprint density at radius 1 is 0.739 bits per heavy atom. The molecule has 3 heteroatoms. The number of benzene rings is 2. The van der Waals surface area contributed by atoms with Crippen LogP contribution in [0.3, 0.4) is 0 Å². The second kappa shape index (κ2) is 5.78. The van der Waals surface area contributed by atoms with Crippen LogP contribution in [0.2, 0.25) is 0 Å². The summed E-state index contributed by atoms with van der Waals surface area (Å²) in [5.41, 5.74) is 3.78. The minimum absolute atomic E-state index is 0.675. The molecule has 0 saturated carbocycles. The highest BCUT2D eigenvalue weighted by Gasteiger charge is 2.04. The van der Waals surface area contributed by atoms with Crippen LogP contribution >= 0.6 is 0 Å². The first-order chi connectivity index (χ1) is 11.4. The van der Waals surface area contributed by atoms with Gasteiger partial charge >= 0.3 is 0 Å². The highest BCUT2D eigenvalue weighted by atomic mass is 15.1. The Kier molecular flexibility index (Phi) is 3.34. The van der Waals surface area contributed by atoms with Crippen molar-refractivity contribution in [3.8, 4) is 17.8 Å². The summed E-state index contributed by atoms with van der Waals surface area (Å²) < 4.78 is 1.90. The molecule has 2 aromatic heterocycles. The third-order valence-corrected chi connectivity index (χ3v) is 3.51. The Bertz CT molecular complexity index is 970. The second-order valence-corrected chi connectivity index (χ2v) is 5.12. The van der Waals surface area contributed by atoms with Crippen LogP contribution in [0.25, 0.3) is 17.0 Å². The number of fused-ring (bicyclic) bond motifs is 1. The maximum absolute atomic E-state index is 4.52. The van der Waals surface area contributed by atoms with Crippen LogP contribution in [0, 0.1) is 11.8 Å². The summed E-state index contributed by atoms with van der Waals surface area (Å²) in [6, 6.07) is 21.8. The molecule has 2 heterocycles. The van der Waals surface area contributed by atoms with Gasteiger partial charge in [-0.15, -0.1) is 0 Å². The fourth-order valence-corrected chi connectivity index (χ4v) is 2.32. The van der Waals surface area contributed by atoms with Crippen LogP contribution < -0.4 is 9.55 Å². The number of hydrogen-bond acceptors (Lipinski definition) is 1. The van der Waals surface area contributed by atoms with Crippen molar-refractivity contribution in [1.29, 1.82) is 0 Å². The van der Waals surface area contributed by atoms with E-state index < -0.39 is 0 Å². The first-order valence-corrected chi connectivity index (χ1v) is 7.37. The summed E-state index contributed by atoms with van der Waals surface area (Å²) in [6.07, 6.45) is 3.87. The highest BCUT2D eigenvalue weighted by molar-refractivity contribution is 5.75. The van der Waals surface area contributed by atoms with Crippen LogP contribution in [0.5, 0.6) is 0 Å². The number of para-hydroxylation sites is 2. The molecule has 4 aromatic rings. The zero-order valence-corrected chi connectivity index (χ0v) is 12.3. The highest BCUT2D eigenvalue weighted by Crippen LogP contribution is 2.09. The molecule has 23 heavy (non-hydrogen) atoms. The van der Waals surface area contributed by atoms with E-state index >= 15 is 0 Å². The minimum atomic E-state index is 0.675. The summed E-state index contributed by atoms with van der Waals surface area (Å²) in [6.45, 7) is 0. The maximum atomic E-state index is 4.52. The fraction of sp³-hybridized carbons (Fsp3) is 0. The van der Waals surface area contributed by atoms with E-state index in [1.807, 2.05) is 83.7 Å². The zero-order chi connectivity index (χ0) is 15.5. The van der Waals surface area contributed by atoms with Crippen molar-refractivity contribution < 1.29 is 4.57 Å². The zero-order valence-electron chi connectivity index (χ0n) is 12.3. The molecule has 3 nitrogen and oxygen atoms in total. The molecule has 0 amide bonds. The predicted molar refractivity (Wildman–Crippen MR) is 89.0 cm³/mol. The van der Waals surface area contributed by atoms with Gasteiger partial charge in [0.2, 0.25) is 5.95 Å². The van der Waals surface area contributed by atoms with E-state index in [-0.39, 0.29) is 0 Å². The monoisotopic (exact) mass is 295 g/mol. The maximum Gasteiger partial charge on any atom is 0.234 e. The Morgan fingerprint density at radius 3 is 2.13 bits per heavy atom. The molecule has 0 N–H and O–H groups in total. The van der Waals surface area contributed by atoms with Crippen LogP contribution in [-0.2, 0) is 0 Å². The molecule has 4 rings (SSSR count). The van der Waals surface area contributed by atoms with Crippen molar-refractivity contribution in [2.45, 2.75) is 0 Å². The van der Waals surface area contributed by atoms with Gasteiger partial charge in [0.05, 0.1) is 11.0 Å². The molecule has 0 spiro atoms. The van der Waals surface area contributed by atoms with E-state index in [4.69, 9.17) is 0 Å². The third kappa shape index (κ3) is 2.83. The first-order valence-electron chi connectivity index (χ1n) is 7.37. The number of aromatic nitrogens is 3. The van der Waals surface area contributed by atoms with Gasteiger partial charge in [-0.1, -0.05) is 42.2 Å². The average Bonchev–Trinajstić information content (AvgIpc) is 3.05. The summed E-state index contributed by atoms with van der Waals surface area (Å²) in [5, 5.41) is 0. The van der Waals surface area contributed by atoms with Crippen molar-refractivity contribution in [3.05, 3.63) is 90.3 Å². The van der Waals surface area contributed by atoms with Gasteiger partial charge in [-0.3, -0.25) is 4.57 Å². The Morgan fingerprint density at radius 2 is 1.39 bits per heavy atom. The Hall–Kier alpha value is -3.38. The van der Waals surface area contributed by atoms with E-state index in [9.17, 15) is 0 Å². The minimum Gasteiger partial charge on any atom is -0.293 e. The van der Waals surface area contributed by atoms with Gasteiger partial charge in [-0.2, -0.15) is 0 Å². The molecule has 0 unspecified atom stereocenters. The Balaban J connectivity index is 1.62. The van der Waals surface area contributed by atoms with Crippen molar-refractivity contribution in [2.75, 3.05) is 0 Å². The lowest BCUT2D eigenvalue weighted by atomic mass is 10.2. The van der Waals surface area contributed by atoms with Gasteiger partial charge in [-0.05, 0) is 36.4 Å². The third-order valence-electron chi connectivity index (χ3n) is 3.51. The lowest BCUT2D eigenvalue weighted by Gasteiger charge is -2.00. The topological polar surface area (TPSA) is 30.9 Å². The van der Waals surface area contributed by atoms with Crippen molar-refractivity contribution in [3.63, 3.8) is 0 Å². The molecule has 0 bridgehead atoms. The standard InChI is InChI=1S/C20H13N3/c1-2-6-16(7-3-1)10-11-17-12-14-23(15-13-17)20-21-18-8-4-5-9-19(18)22-20/h1-9,12-15H. The summed E-state index contributed by atoms with van der Waals surface area (Å²) in [7, 11) is 0. The van der Waals surface area contributed by atoms with Crippen LogP contribution in [-0.4, -0.2) is 4.98 Å². The first kappa shape index (κ1) is 13.3. The van der Waals surface area contributed by atoms with Crippen LogP contribution in [0.1, 0.15) is 11.1 Å². The molecule has 0 aliphatic carbocycles. The Labute approximate surface area is 134 Å². The summed E-state index contributed by atoms with van der Waals surface area (Å²) in [5.74, 6) is 6.99. The quantitative estimate of drug-likeness (QED) is 0.399. The van der Waals surface area contributed by atoms with E-state index in [1.165, 1.54) is 0 Å². The lowest BCUT2D eigenvalue weighted by Crippen LogP contribution is -2.31. The van der Waals surface area contributed by atoms with Gasteiger partial charge in [0.25, 0.3) is 0 Å². The molecule has 108 valence electrons. The molecule has 0 saturated heterocycles. The fourth-order valence-electron chi connectivity index (χ4n) is 2.32. The second-order valence-electron chi connectivity index (χ2n) is 5.12. The van der Waals surface area contributed by atoms with E-state index in [0.29, 0.717) is 5.95 Å². The normalized spacial score (nSPS) is 10.3. The molecule has 0 fully saturated rings. The molecular formula is C20H13N3. The van der Waals surface area contributed by atoms with Crippen molar-refractivity contribution in [2.24, 2.45) is 0 Å². The van der Waals surface area contributed by atoms with Crippen LogP contribution in [0.4, 0.5) is 0 Å². The smallest absolute Gasteiger partial charge is 0.234 e. The molecule has 0 aliphatic rings. The number of nitrogens with zero attached hydrogens (tertiary/aromatic N) is 3. The van der Waals surface area contributed by atoms with E-state index in [2.05, 4.69) is 21.8 Å². The van der Waals surface area contributed by atoms with Crippen molar-refractivity contribution in [1.82, 2.24) is 9.97 Å². The molecule has 0 radical (unpaired) electrons. The predicted octanol–water partition coefficient (Wildman–Crippen LogP) is 2.87. The van der Waals surface area contributed by atoms with E-state index in [0.717, 1.165) is 22.2 Å². The SMILES string of the molecule is C(#Cc1cc[n+](-c2nc3ccccc3[n-]2)cc1)c1ccccc1. The van der Waals surface area contributed by atoms with Gasteiger partial charge < -0.3 is 0 Å². The van der Waals surface area contributed by atoms with Crippen LogP contribution in [0.15, 0.2) is 79.1 Å². The molecule has 0 aliphatic heterocycles. The van der Waals surface area contributed by atoms with E-state index in [1.54, 1.807) is 0 Å².